The first-order chi connectivity index (χ1) is 9.42. The molecule has 0 bridgehead atoms. The molecule has 1 N–H and O–H groups in total. The highest BCUT2D eigenvalue weighted by Gasteiger charge is 2.30. The van der Waals surface area contributed by atoms with Gasteiger partial charge in [-0.25, -0.2) is 8.42 Å². The third-order valence-electron chi connectivity index (χ3n) is 2.67. The van der Waals surface area contributed by atoms with E-state index in [9.17, 15) is 13.2 Å². The molecule has 0 aliphatic heterocycles. The maximum absolute atomic E-state index is 12.2. The van der Waals surface area contributed by atoms with Gasteiger partial charge in [-0.05, 0) is 52.0 Å². The normalized spacial score (nSPS) is 13.6. The van der Waals surface area contributed by atoms with Crippen molar-refractivity contribution < 1.29 is 13.2 Å². The molecule has 0 aromatic heterocycles. The van der Waals surface area contributed by atoms with Gasteiger partial charge < -0.3 is 5.32 Å². The van der Waals surface area contributed by atoms with E-state index in [-0.39, 0.29) is 5.91 Å². The highest BCUT2D eigenvalue weighted by atomic mass is 35.5. The second-order valence-electron chi connectivity index (χ2n) is 5.95. The number of nitrogens with one attached hydrogen (secondary N) is 1. The van der Waals surface area contributed by atoms with E-state index in [1.165, 1.54) is 0 Å². The van der Waals surface area contributed by atoms with Gasteiger partial charge in [-0.3, -0.25) is 9.10 Å². The summed E-state index contributed by atoms with van der Waals surface area (Å²) in [5.41, 5.74) is -0.0346. The summed E-state index contributed by atoms with van der Waals surface area (Å²) < 4.78 is 25.2. The van der Waals surface area contributed by atoms with E-state index in [4.69, 9.17) is 11.6 Å². The zero-order chi connectivity index (χ0) is 16.4. The summed E-state index contributed by atoms with van der Waals surface area (Å²) in [6.45, 7) is 7.07. The third kappa shape index (κ3) is 5.21. The molecule has 1 aromatic carbocycles. The Morgan fingerprint density at radius 3 is 2.10 bits per heavy atom. The summed E-state index contributed by atoms with van der Waals surface area (Å²) in [5, 5.41) is 3.28. The van der Waals surface area contributed by atoms with E-state index in [0.717, 1.165) is 10.6 Å². The number of halogens is 1. The van der Waals surface area contributed by atoms with Crippen LogP contribution in [0.25, 0.3) is 0 Å². The van der Waals surface area contributed by atoms with E-state index in [2.05, 4.69) is 5.32 Å². The van der Waals surface area contributed by atoms with Gasteiger partial charge in [-0.2, -0.15) is 0 Å². The highest BCUT2D eigenvalue weighted by molar-refractivity contribution is 7.92. The minimum absolute atomic E-state index is 0.358. The number of anilines is 1. The van der Waals surface area contributed by atoms with E-state index in [1.54, 1.807) is 31.2 Å². The minimum atomic E-state index is -3.60. The van der Waals surface area contributed by atoms with E-state index < -0.39 is 21.6 Å². The molecule has 5 nitrogen and oxygen atoms in total. The second-order valence-corrected chi connectivity index (χ2v) is 8.25. The molecule has 1 rings (SSSR count). The molecule has 0 fully saturated rings. The SMILES string of the molecule is CC(C(=O)NC(C)(C)C)N(c1ccc(Cl)cc1)S(C)(=O)=O. The number of hydrogen-bond acceptors (Lipinski definition) is 3. The minimum Gasteiger partial charge on any atom is -0.350 e. The fraction of sp³-hybridized carbons (Fsp3) is 0.500. The Hall–Kier alpha value is -1.27. The summed E-state index contributed by atoms with van der Waals surface area (Å²) in [6.07, 6.45) is 1.07. The standard InChI is InChI=1S/C14H21ClN2O3S/c1-10(13(18)16-14(2,3)4)17(21(5,19)20)12-8-6-11(15)7-9-12/h6-10H,1-5H3,(H,16,18). The first-order valence-electron chi connectivity index (χ1n) is 6.49. The van der Waals surface area contributed by atoms with Crippen molar-refractivity contribution in [1.82, 2.24) is 5.32 Å². The second kappa shape index (κ2) is 6.23. The summed E-state index contributed by atoms with van der Waals surface area (Å²) in [6, 6.07) is 5.46. The van der Waals surface area contributed by atoms with Gasteiger partial charge in [0.2, 0.25) is 15.9 Å². The van der Waals surface area contributed by atoms with Crippen LogP contribution in [0.5, 0.6) is 0 Å². The monoisotopic (exact) mass is 332 g/mol. The first kappa shape index (κ1) is 17.8. The number of hydrogen-bond donors (Lipinski definition) is 1. The zero-order valence-corrected chi connectivity index (χ0v) is 14.4. The maximum Gasteiger partial charge on any atom is 0.244 e. The molecule has 1 aromatic rings. The van der Waals surface area contributed by atoms with Crippen LogP contribution in [0, 0.1) is 0 Å². The molecule has 0 radical (unpaired) electrons. The topological polar surface area (TPSA) is 66.5 Å². The molecule has 0 saturated heterocycles. The molecule has 0 aliphatic carbocycles. The molecule has 1 amide bonds. The lowest BCUT2D eigenvalue weighted by Crippen LogP contribution is -2.52. The summed E-state index contributed by atoms with van der Waals surface area (Å²) in [5.74, 6) is -0.358. The van der Waals surface area contributed by atoms with Crippen molar-refractivity contribution >= 4 is 33.2 Å². The Bertz CT molecular complexity index is 606. The number of rotatable bonds is 4. The third-order valence-corrected chi connectivity index (χ3v) is 4.16. The first-order valence-corrected chi connectivity index (χ1v) is 8.71. The molecule has 1 atom stereocenters. The van der Waals surface area contributed by atoms with Crippen molar-refractivity contribution in [3.63, 3.8) is 0 Å². The average Bonchev–Trinajstić information content (AvgIpc) is 2.27. The number of sulfonamides is 1. The highest BCUT2D eigenvalue weighted by Crippen LogP contribution is 2.23. The lowest BCUT2D eigenvalue weighted by molar-refractivity contribution is -0.123. The van der Waals surface area contributed by atoms with Gasteiger partial charge in [0, 0.05) is 10.6 Å². The molecular weight excluding hydrogens is 312 g/mol. The van der Waals surface area contributed by atoms with Gasteiger partial charge >= 0.3 is 0 Å². The molecule has 0 aliphatic rings. The molecule has 0 spiro atoms. The maximum atomic E-state index is 12.2. The summed E-state index contributed by atoms with van der Waals surface area (Å²) in [4.78, 5) is 12.2. The number of carbonyl (C=O) groups excluding carboxylic acids is 1. The van der Waals surface area contributed by atoms with Crippen molar-refractivity contribution in [2.24, 2.45) is 0 Å². The number of benzene rings is 1. The Morgan fingerprint density at radius 2 is 1.71 bits per heavy atom. The van der Waals surface area contributed by atoms with Gasteiger partial charge in [0.1, 0.15) is 6.04 Å². The van der Waals surface area contributed by atoms with Crippen LogP contribution in [0.3, 0.4) is 0 Å². The quantitative estimate of drug-likeness (QED) is 0.920. The summed E-state index contributed by atoms with van der Waals surface area (Å²) in [7, 11) is -3.60. The van der Waals surface area contributed by atoms with Crippen molar-refractivity contribution in [3.8, 4) is 0 Å². The van der Waals surface area contributed by atoms with Crippen molar-refractivity contribution in [2.45, 2.75) is 39.3 Å². The molecule has 1 unspecified atom stereocenters. The molecule has 21 heavy (non-hydrogen) atoms. The van der Waals surface area contributed by atoms with Crippen molar-refractivity contribution in [3.05, 3.63) is 29.3 Å². The largest absolute Gasteiger partial charge is 0.350 e. The van der Waals surface area contributed by atoms with Crippen LogP contribution in [-0.4, -0.2) is 32.2 Å². The fourth-order valence-electron chi connectivity index (χ4n) is 1.87. The van der Waals surface area contributed by atoms with Crippen molar-refractivity contribution in [1.29, 1.82) is 0 Å². The predicted molar refractivity (Wildman–Crippen MR) is 86.1 cm³/mol. The van der Waals surface area contributed by atoms with Crippen LogP contribution in [0.4, 0.5) is 5.69 Å². The van der Waals surface area contributed by atoms with Crippen molar-refractivity contribution in [2.75, 3.05) is 10.6 Å². The Morgan fingerprint density at radius 1 is 1.24 bits per heavy atom. The number of nitrogens with zero attached hydrogens (tertiary/aromatic N) is 1. The molecule has 118 valence electrons. The Labute approximate surface area is 131 Å². The zero-order valence-electron chi connectivity index (χ0n) is 12.8. The molecular formula is C14H21ClN2O3S. The lowest BCUT2D eigenvalue weighted by Gasteiger charge is -2.31. The fourth-order valence-corrected chi connectivity index (χ4v) is 3.17. The Kier molecular flexibility index (Phi) is 5.28. The molecule has 0 heterocycles. The van der Waals surface area contributed by atoms with Crippen LogP contribution in [0.15, 0.2) is 24.3 Å². The number of amides is 1. The van der Waals surface area contributed by atoms with Gasteiger partial charge in [0.25, 0.3) is 0 Å². The van der Waals surface area contributed by atoms with Gasteiger partial charge in [-0.1, -0.05) is 11.6 Å². The van der Waals surface area contributed by atoms with Crippen LogP contribution >= 0.6 is 11.6 Å². The number of carbonyl (C=O) groups is 1. The molecule has 0 saturated carbocycles. The van der Waals surface area contributed by atoms with Crippen LogP contribution in [0.1, 0.15) is 27.7 Å². The molecule has 7 heteroatoms. The van der Waals surface area contributed by atoms with Crippen LogP contribution in [0.2, 0.25) is 5.02 Å². The van der Waals surface area contributed by atoms with Crippen LogP contribution < -0.4 is 9.62 Å². The summed E-state index contributed by atoms with van der Waals surface area (Å²) >= 11 is 5.81. The van der Waals surface area contributed by atoms with Gasteiger partial charge in [-0.15, -0.1) is 0 Å². The lowest BCUT2D eigenvalue weighted by atomic mass is 10.1. The Balaban J connectivity index is 3.15. The van der Waals surface area contributed by atoms with Gasteiger partial charge in [0.05, 0.1) is 11.9 Å². The average molecular weight is 333 g/mol. The van der Waals surface area contributed by atoms with Crippen LogP contribution in [-0.2, 0) is 14.8 Å². The smallest absolute Gasteiger partial charge is 0.244 e. The van der Waals surface area contributed by atoms with Gasteiger partial charge in [0.15, 0.2) is 0 Å². The van der Waals surface area contributed by atoms with E-state index >= 15 is 0 Å². The van der Waals surface area contributed by atoms with E-state index in [1.807, 2.05) is 20.8 Å². The van der Waals surface area contributed by atoms with E-state index in [0.29, 0.717) is 10.7 Å². The predicted octanol–water partition coefficient (Wildman–Crippen LogP) is 2.41.